The fourth-order valence-electron chi connectivity index (χ4n) is 3.68. The van der Waals surface area contributed by atoms with E-state index in [2.05, 4.69) is 20.9 Å². The number of nitrogens with one attached hydrogen (secondary N) is 4. The molecular weight excluding hydrogens is 624 g/mol. The van der Waals surface area contributed by atoms with Gasteiger partial charge in [0.1, 0.15) is 12.1 Å². The molecular formula is C26H39FN5O12P. The molecule has 1 rings (SSSR count). The van der Waals surface area contributed by atoms with E-state index in [1.165, 1.54) is 6.07 Å². The van der Waals surface area contributed by atoms with E-state index in [1.54, 1.807) is 0 Å². The van der Waals surface area contributed by atoms with E-state index in [4.69, 9.17) is 14.7 Å². The second kappa shape index (κ2) is 20.9. The number of carbonyl (C=O) groups excluding carboxylic acids is 3. The van der Waals surface area contributed by atoms with Crippen LogP contribution in [-0.2, 0) is 33.1 Å². The predicted octanol–water partition coefficient (Wildman–Crippen LogP) is 0.782. The van der Waals surface area contributed by atoms with Crippen molar-refractivity contribution in [3.63, 3.8) is 0 Å². The maximum atomic E-state index is 12.8. The van der Waals surface area contributed by atoms with E-state index in [1.807, 2.05) is 5.09 Å². The monoisotopic (exact) mass is 663 g/mol. The van der Waals surface area contributed by atoms with Crippen molar-refractivity contribution in [3.8, 4) is 0 Å². The van der Waals surface area contributed by atoms with E-state index in [0.29, 0.717) is 32.2 Å². The molecule has 0 aliphatic rings. The Labute approximate surface area is 257 Å². The molecule has 0 saturated carbocycles. The molecule has 0 spiro atoms. The Morgan fingerprint density at radius 3 is 2.09 bits per heavy atom. The molecule has 0 aliphatic carbocycles. The van der Waals surface area contributed by atoms with Gasteiger partial charge in [0.2, 0.25) is 17.8 Å². The molecule has 0 bridgehead atoms. The number of hydrogen-bond acceptors (Lipinski definition) is 9. The molecule has 1 aromatic rings. The van der Waals surface area contributed by atoms with Gasteiger partial charge in [0, 0.05) is 38.5 Å². The molecule has 3 amide bonds. The minimum atomic E-state index is -4.53. The Morgan fingerprint density at radius 2 is 1.47 bits per heavy atom. The molecule has 8 N–H and O–H groups in total. The van der Waals surface area contributed by atoms with Gasteiger partial charge in [0.15, 0.2) is 0 Å². The average molecular weight is 664 g/mol. The largest absolute Gasteiger partial charge is 0.481 e. The van der Waals surface area contributed by atoms with Crippen LogP contribution in [0, 0.1) is 5.95 Å². The maximum absolute atomic E-state index is 12.8. The Balaban J connectivity index is 2.21. The summed E-state index contributed by atoms with van der Waals surface area (Å²) >= 11 is 0. The minimum Gasteiger partial charge on any atom is -0.481 e. The second-order valence-corrected chi connectivity index (χ2v) is 11.4. The minimum absolute atomic E-state index is 0.0451. The van der Waals surface area contributed by atoms with Crippen molar-refractivity contribution < 1.29 is 62.5 Å². The molecule has 19 heteroatoms. The van der Waals surface area contributed by atoms with Crippen LogP contribution >= 0.6 is 7.75 Å². The number of pyridine rings is 1. The maximum Gasteiger partial charge on any atom is 0.403 e. The zero-order valence-electron chi connectivity index (χ0n) is 24.4. The molecule has 3 atom stereocenters. The molecule has 0 saturated heterocycles. The summed E-state index contributed by atoms with van der Waals surface area (Å²) in [6.07, 6.45) is 1.91. The van der Waals surface area contributed by atoms with E-state index in [9.17, 15) is 47.7 Å². The van der Waals surface area contributed by atoms with Crippen molar-refractivity contribution in [2.75, 3.05) is 19.7 Å². The summed E-state index contributed by atoms with van der Waals surface area (Å²) in [5.74, 6) is -6.18. The summed E-state index contributed by atoms with van der Waals surface area (Å²) in [5, 5.41) is 36.5. The van der Waals surface area contributed by atoms with Crippen LogP contribution in [0.25, 0.3) is 0 Å². The number of carbonyl (C=O) groups is 6. The van der Waals surface area contributed by atoms with E-state index < -0.39 is 74.2 Å². The summed E-state index contributed by atoms with van der Waals surface area (Å²) in [5.41, 5.74) is 0.213. The number of halogens is 1. The molecule has 17 nitrogen and oxygen atoms in total. The highest BCUT2D eigenvalue weighted by Gasteiger charge is 2.29. The van der Waals surface area contributed by atoms with Crippen LogP contribution in [0.5, 0.6) is 0 Å². The third kappa shape index (κ3) is 18.4. The number of amides is 3. The zero-order chi connectivity index (χ0) is 33.8. The fourth-order valence-corrected chi connectivity index (χ4v) is 4.76. The first-order chi connectivity index (χ1) is 21.2. The SMILES string of the molecule is O=C(O)CC[C@H](NP(=O)(O)OCCCCNC(=O)CC[C@H](NC(=O)CCCCCNC(=O)c1ccc(F)nc1)C(=O)O)C(=O)O. The van der Waals surface area contributed by atoms with Crippen molar-refractivity contribution in [2.45, 2.75) is 76.3 Å². The van der Waals surface area contributed by atoms with Gasteiger partial charge in [-0.3, -0.25) is 28.5 Å². The molecule has 0 radical (unpaired) electrons. The number of aliphatic carboxylic acids is 3. The van der Waals surface area contributed by atoms with Crippen LogP contribution in [0.1, 0.15) is 74.6 Å². The van der Waals surface area contributed by atoms with E-state index >= 15 is 0 Å². The zero-order valence-corrected chi connectivity index (χ0v) is 25.3. The average Bonchev–Trinajstić information content (AvgIpc) is 2.96. The van der Waals surface area contributed by atoms with Crippen molar-refractivity contribution >= 4 is 43.4 Å². The van der Waals surface area contributed by atoms with Crippen LogP contribution in [0.3, 0.4) is 0 Å². The van der Waals surface area contributed by atoms with Gasteiger partial charge < -0.3 is 36.2 Å². The third-order valence-electron chi connectivity index (χ3n) is 6.07. The van der Waals surface area contributed by atoms with Crippen LogP contribution in [-0.4, -0.2) is 92.6 Å². The van der Waals surface area contributed by atoms with Crippen LogP contribution in [0.2, 0.25) is 0 Å². The number of unbranched alkanes of at least 4 members (excludes halogenated alkanes) is 3. The number of hydrogen-bond donors (Lipinski definition) is 8. The first kappa shape index (κ1) is 39.0. The van der Waals surface area contributed by atoms with E-state index in [-0.39, 0.29) is 44.4 Å². The third-order valence-corrected chi connectivity index (χ3v) is 7.24. The van der Waals surface area contributed by atoms with Gasteiger partial charge >= 0.3 is 25.7 Å². The lowest BCUT2D eigenvalue weighted by Gasteiger charge is -2.18. The molecule has 0 aromatic carbocycles. The highest BCUT2D eigenvalue weighted by molar-refractivity contribution is 7.50. The van der Waals surface area contributed by atoms with Crippen LogP contribution < -0.4 is 21.0 Å². The number of carboxylic acid groups (broad SMARTS) is 3. The number of carboxylic acids is 3. The Kier molecular flexibility index (Phi) is 18.1. The lowest BCUT2D eigenvalue weighted by Crippen LogP contribution is -2.41. The van der Waals surface area contributed by atoms with Gasteiger partial charge in [-0.15, -0.1) is 0 Å². The van der Waals surface area contributed by atoms with Crippen molar-refractivity contribution in [3.05, 3.63) is 29.8 Å². The first-order valence-electron chi connectivity index (χ1n) is 14.1. The molecule has 1 aromatic heterocycles. The molecule has 0 aliphatic heterocycles. The van der Waals surface area contributed by atoms with Gasteiger partial charge in [-0.1, -0.05) is 6.42 Å². The molecule has 1 unspecified atom stereocenters. The van der Waals surface area contributed by atoms with Gasteiger partial charge in [0.05, 0.1) is 12.2 Å². The van der Waals surface area contributed by atoms with E-state index in [0.717, 1.165) is 12.3 Å². The van der Waals surface area contributed by atoms with Gasteiger partial charge in [0.25, 0.3) is 5.91 Å². The number of nitrogens with zero attached hydrogens (tertiary/aromatic N) is 1. The molecule has 252 valence electrons. The smallest absolute Gasteiger partial charge is 0.403 e. The Bertz CT molecular complexity index is 1200. The number of rotatable bonds is 24. The highest BCUT2D eigenvalue weighted by atomic mass is 31.2. The van der Waals surface area contributed by atoms with Crippen molar-refractivity contribution in [1.82, 2.24) is 26.0 Å². The Hall–Kier alpha value is -3.99. The standard InChI is InChI=1S/C26H39FN5O12P/c27-20-10-7-17(16-30-20)24(37)29-14-3-1-2-6-22(34)31-18(25(38)39)8-11-21(33)28-13-4-5-15-44-45(42,43)32-19(26(40)41)9-12-23(35)36/h7,10,16,18-19H,1-6,8-9,11-15H2,(H,28,33)(H,29,37)(H,31,34)(H,35,36)(H,38,39)(H,40,41)(H2,32,42,43)/t18-,19-/m0/s1. The fraction of sp³-hybridized carbons (Fsp3) is 0.577. The summed E-state index contributed by atoms with van der Waals surface area (Å²) in [6, 6.07) is -0.506. The van der Waals surface area contributed by atoms with Crippen LogP contribution in [0.15, 0.2) is 18.3 Å². The molecule has 45 heavy (non-hydrogen) atoms. The molecule has 0 fully saturated rings. The summed E-state index contributed by atoms with van der Waals surface area (Å²) in [7, 11) is -4.53. The highest BCUT2D eigenvalue weighted by Crippen LogP contribution is 2.38. The predicted molar refractivity (Wildman–Crippen MR) is 153 cm³/mol. The first-order valence-corrected chi connectivity index (χ1v) is 15.7. The van der Waals surface area contributed by atoms with Gasteiger partial charge in [-0.05, 0) is 50.7 Å². The second-order valence-electron chi connectivity index (χ2n) is 9.80. The Morgan fingerprint density at radius 1 is 0.822 bits per heavy atom. The lowest BCUT2D eigenvalue weighted by molar-refractivity contribution is -0.142. The van der Waals surface area contributed by atoms with Crippen molar-refractivity contribution in [1.29, 1.82) is 0 Å². The number of aromatic nitrogens is 1. The summed E-state index contributed by atoms with van der Waals surface area (Å²) in [6.45, 7) is 0.186. The van der Waals surface area contributed by atoms with Crippen molar-refractivity contribution in [2.24, 2.45) is 0 Å². The van der Waals surface area contributed by atoms with Crippen LogP contribution in [0.4, 0.5) is 4.39 Å². The topological polar surface area (TPSA) is 271 Å². The van der Waals surface area contributed by atoms with Gasteiger partial charge in [-0.25, -0.2) is 19.4 Å². The normalized spacial score (nSPS) is 13.6. The lowest BCUT2D eigenvalue weighted by atomic mass is 10.1. The summed E-state index contributed by atoms with van der Waals surface area (Å²) < 4.78 is 29.6. The van der Waals surface area contributed by atoms with Gasteiger partial charge in [-0.2, -0.15) is 4.39 Å². The summed E-state index contributed by atoms with van der Waals surface area (Å²) in [4.78, 5) is 82.6. The molecule has 1 heterocycles. The quantitative estimate of drug-likeness (QED) is 0.0432.